The van der Waals surface area contributed by atoms with Crippen LogP contribution >= 0.6 is 7.82 Å². The Hall–Kier alpha value is -0.760. The van der Waals surface area contributed by atoms with Gasteiger partial charge in [0.15, 0.2) is 0 Å². The molecule has 4 aliphatic carbocycles. The van der Waals surface area contributed by atoms with E-state index in [1.165, 1.54) is 128 Å². The Morgan fingerprint density at radius 1 is 0.790 bits per heavy atom. The van der Waals surface area contributed by atoms with E-state index in [4.69, 9.17) is 18.5 Å². The number of esters is 1. The van der Waals surface area contributed by atoms with Gasteiger partial charge in [-0.2, -0.15) is 0 Å². The molecule has 0 bridgehead atoms. The highest BCUT2D eigenvalue weighted by molar-refractivity contribution is 7.45. The van der Waals surface area contributed by atoms with Gasteiger partial charge in [0.05, 0.1) is 40.5 Å². The first kappa shape index (κ1) is 53.9. The van der Waals surface area contributed by atoms with Crippen LogP contribution < -0.4 is 4.89 Å². The van der Waals surface area contributed by atoms with Crippen molar-refractivity contribution in [1.82, 2.24) is 0 Å². The average Bonchev–Trinajstić information content (AvgIpc) is 3.57. The second-order valence-electron chi connectivity index (χ2n) is 22.9. The molecule has 3 saturated carbocycles. The Bertz CT molecular complexity index is 1360. The molecule has 10 atom stereocenters. The number of rotatable bonds is 32. The van der Waals surface area contributed by atoms with Crippen molar-refractivity contribution in [2.24, 2.45) is 46.3 Å². The van der Waals surface area contributed by atoms with Gasteiger partial charge in [-0.3, -0.25) is 9.36 Å². The topological polar surface area (TPSA) is 94.1 Å². The van der Waals surface area contributed by atoms with Crippen molar-refractivity contribution in [2.45, 2.75) is 227 Å². The number of hydrogen-bond acceptors (Lipinski definition) is 7. The monoisotopic (exact) mass is 892 g/mol. The number of nitrogens with zero attached hydrogens (tertiary/aromatic N) is 1. The molecule has 4 aliphatic rings. The smallest absolute Gasteiger partial charge is 0.306 e. The van der Waals surface area contributed by atoms with Gasteiger partial charge in [-0.25, -0.2) is 0 Å². The number of carbonyl (C=O) groups excluding carboxylic acids is 1. The van der Waals surface area contributed by atoms with E-state index < -0.39 is 13.9 Å². The number of ether oxygens (including phenoxy) is 2. The molecule has 6 unspecified atom stereocenters. The highest BCUT2D eigenvalue weighted by Crippen LogP contribution is 2.67. The van der Waals surface area contributed by atoms with E-state index in [-0.39, 0.29) is 37.3 Å². The summed E-state index contributed by atoms with van der Waals surface area (Å²) in [6.45, 7) is 15.1. The van der Waals surface area contributed by atoms with Crippen molar-refractivity contribution in [1.29, 1.82) is 0 Å². The molecule has 4 rings (SSSR count). The van der Waals surface area contributed by atoms with Gasteiger partial charge in [0.2, 0.25) is 0 Å². The summed E-state index contributed by atoms with van der Waals surface area (Å²) in [6.07, 6.45) is 34.9. The normalized spacial score (nSPS) is 29.3. The van der Waals surface area contributed by atoms with Crippen molar-refractivity contribution in [3.8, 4) is 0 Å². The first-order chi connectivity index (χ1) is 29.5. The van der Waals surface area contributed by atoms with Crippen LogP contribution in [0.3, 0.4) is 0 Å². The number of fused-ring (bicyclic) bond motifs is 5. The highest BCUT2D eigenvalue weighted by Gasteiger charge is 2.59. The van der Waals surface area contributed by atoms with Gasteiger partial charge in [-0.1, -0.05) is 162 Å². The molecule has 0 spiro atoms. The minimum atomic E-state index is -4.58. The molecule has 362 valence electrons. The fourth-order valence-corrected chi connectivity index (χ4v) is 13.4. The number of carbonyl (C=O) groups is 1. The fraction of sp³-hybridized carbons (Fsp3) is 0.943. The van der Waals surface area contributed by atoms with Crippen molar-refractivity contribution in [3.63, 3.8) is 0 Å². The number of likely N-dealkylation sites (N-methyl/N-ethyl adjacent to an activating group) is 1. The van der Waals surface area contributed by atoms with Crippen molar-refractivity contribution < 1.29 is 37.3 Å². The zero-order valence-corrected chi connectivity index (χ0v) is 42.8. The molecule has 0 radical (unpaired) electrons. The molecule has 8 nitrogen and oxygen atoms in total. The maximum absolute atomic E-state index is 13.1. The third-order valence-electron chi connectivity index (χ3n) is 16.5. The molecule has 0 aromatic heterocycles. The number of phosphoric acid groups is 1. The minimum absolute atomic E-state index is 0.0129. The molecule has 62 heavy (non-hydrogen) atoms. The second kappa shape index (κ2) is 26.5. The first-order valence-corrected chi connectivity index (χ1v) is 27.8. The van der Waals surface area contributed by atoms with Gasteiger partial charge in [-0.05, 0) is 104 Å². The third-order valence-corrected chi connectivity index (χ3v) is 17.5. The number of hydrogen-bond donors (Lipinski definition) is 0. The van der Waals surface area contributed by atoms with E-state index in [9.17, 15) is 14.3 Å². The van der Waals surface area contributed by atoms with Crippen LogP contribution in [0.1, 0.15) is 215 Å². The van der Waals surface area contributed by atoms with Crippen LogP contribution in [0.2, 0.25) is 0 Å². The predicted octanol–water partition coefficient (Wildman–Crippen LogP) is 13.8. The minimum Gasteiger partial charge on any atom is -0.756 e. The maximum Gasteiger partial charge on any atom is 0.306 e. The summed E-state index contributed by atoms with van der Waals surface area (Å²) in [7, 11) is 1.36. The van der Waals surface area contributed by atoms with Gasteiger partial charge in [-0.15, -0.1) is 0 Å². The van der Waals surface area contributed by atoms with E-state index >= 15 is 0 Å². The molecule has 0 N–H and O–H groups in total. The number of phosphoric ester groups is 1. The molecule has 0 aromatic rings. The molecule has 0 aromatic carbocycles. The molecule has 3 fully saturated rings. The largest absolute Gasteiger partial charge is 0.756 e. The first-order valence-electron chi connectivity index (χ1n) is 26.4. The van der Waals surface area contributed by atoms with Gasteiger partial charge in [0.25, 0.3) is 7.82 Å². The summed E-state index contributed by atoms with van der Waals surface area (Å²) in [5.41, 5.74) is 2.25. The number of quaternary nitrogens is 1. The Morgan fingerprint density at radius 2 is 1.42 bits per heavy atom. The van der Waals surface area contributed by atoms with Gasteiger partial charge >= 0.3 is 5.97 Å². The average molecular weight is 892 g/mol. The fourth-order valence-electron chi connectivity index (χ4n) is 12.7. The van der Waals surface area contributed by atoms with E-state index in [1.54, 1.807) is 5.57 Å². The lowest BCUT2D eigenvalue weighted by Crippen LogP contribution is -2.51. The van der Waals surface area contributed by atoms with E-state index in [2.05, 4.69) is 47.6 Å². The lowest BCUT2D eigenvalue weighted by molar-refractivity contribution is -0.870. The maximum atomic E-state index is 13.1. The summed E-state index contributed by atoms with van der Waals surface area (Å²) < 4.78 is 36.3. The summed E-state index contributed by atoms with van der Waals surface area (Å²) in [5, 5.41) is 0. The summed E-state index contributed by atoms with van der Waals surface area (Å²) in [4.78, 5) is 25.9. The molecule has 0 heterocycles. The Labute approximate surface area is 382 Å². The van der Waals surface area contributed by atoms with Gasteiger partial charge in [0, 0.05) is 6.42 Å². The van der Waals surface area contributed by atoms with Gasteiger partial charge in [0.1, 0.15) is 19.3 Å². The lowest BCUT2D eigenvalue weighted by Gasteiger charge is -2.58. The van der Waals surface area contributed by atoms with Crippen LogP contribution in [0.4, 0.5) is 0 Å². The number of unbranched alkanes of at least 4 members (excludes halogenated alkanes) is 14. The zero-order chi connectivity index (χ0) is 45.2. The van der Waals surface area contributed by atoms with Crippen LogP contribution in [0.15, 0.2) is 11.6 Å². The van der Waals surface area contributed by atoms with Crippen LogP contribution in [-0.2, 0) is 27.9 Å². The molecule has 9 heteroatoms. The van der Waals surface area contributed by atoms with Crippen LogP contribution in [0.5, 0.6) is 0 Å². The van der Waals surface area contributed by atoms with Crippen LogP contribution in [0, 0.1) is 46.3 Å². The Balaban J connectivity index is 1.23. The summed E-state index contributed by atoms with van der Waals surface area (Å²) in [6, 6.07) is 0. The SMILES string of the molecule is CCCCCCCCCCCCCCCCCC(=O)OC(COC1CC[C@@]2(C)C(=CCC3C2CC[C@@]2(C)C3CC[C@@H]2[C@H](C)CCCC(C)C)C1)COP(=O)([O-])OCC[N+](C)(C)C. The Kier molecular flexibility index (Phi) is 23.1. The van der Waals surface area contributed by atoms with E-state index in [0.717, 1.165) is 74.0 Å². The van der Waals surface area contributed by atoms with Crippen LogP contribution in [-0.4, -0.2) is 70.2 Å². The third kappa shape index (κ3) is 17.5. The van der Waals surface area contributed by atoms with Crippen molar-refractivity contribution >= 4 is 13.8 Å². The molecular weight excluding hydrogens is 794 g/mol. The summed E-state index contributed by atoms with van der Waals surface area (Å²) >= 11 is 0. The van der Waals surface area contributed by atoms with Crippen LogP contribution in [0.25, 0.3) is 0 Å². The Morgan fingerprint density at radius 3 is 2.03 bits per heavy atom. The standard InChI is InChI=1S/C53H98NO7P/c1-10-11-12-13-14-15-16-17-18-19-20-21-22-23-24-28-51(55)61-46(41-60-62(56,57)59-38-37-54(7,8)9)40-58-45-33-35-52(5)44(39-45)29-30-47-49-32-31-48(43(4)27-25-26-42(2)3)53(49,6)36-34-50(47)52/h29,42-43,45-50H,10-28,30-41H2,1-9H3/t43-,45?,46?,47?,48-,49?,50?,52+,53-/m1/s1. The number of allylic oxidation sites excluding steroid dienone is 1. The highest BCUT2D eigenvalue weighted by atomic mass is 31.2. The van der Waals surface area contributed by atoms with E-state index in [1.807, 2.05) is 21.1 Å². The molecule has 0 saturated heterocycles. The van der Waals surface area contributed by atoms with E-state index in [0.29, 0.717) is 22.9 Å². The molecular formula is C53H98NO7P. The predicted molar refractivity (Wildman–Crippen MR) is 255 cm³/mol. The quantitative estimate of drug-likeness (QED) is 0.0218. The summed E-state index contributed by atoms with van der Waals surface area (Å²) in [5.74, 6) is 4.52. The molecule has 0 aliphatic heterocycles. The second-order valence-corrected chi connectivity index (χ2v) is 24.3. The van der Waals surface area contributed by atoms with Crippen molar-refractivity contribution in [3.05, 3.63) is 11.6 Å². The lowest BCUT2D eigenvalue weighted by atomic mass is 9.47. The van der Waals surface area contributed by atoms with Crippen molar-refractivity contribution in [2.75, 3.05) is 47.5 Å². The molecule has 0 amide bonds. The zero-order valence-electron chi connectivity index (χ0n) is 41.9. The van der Waals surface area contributed by atoms with Gasteiger partial charge < -0.3 is 27.9 Å².